The summed E-state index contributed by atoms with van der Waals surface area (Å²) in [6.07, 6.45) is 7.72. The fourth-order valence-electron chi connectivity index (χ4n) is 2.48. The molecule has 0 bridgehead atoms. The van der Waals surface area contributed by atoms with Gasteiger partial charge in [-0.3, -0.25) is 16.3 Å². The molecule has 0 saturated carbocycles. The first-order valence-corrected chi connectivity index (χ1v) is 7.14. The van der Waals surface area contributed by atoms with Crippen LogP contribution in [0.5, 0.6) is 0 Å². The van der Waals surface area contributed by atoms with Crippen molar-refractivity contribution in [3.05, 3.63) is 42.1 Å². The van der Waals surface area contributed by atoms with Crippen molar-refractivity contribution in [2.24, 2.45) is 5.84 Å². The molecule has 3 nitrogen and oxygen atoms in total. The molecule has 19 heavy (non-hydrogen) atoms. The Bertz CT molecular complexity index is 505. The van der Waals surface area contributed by atoms with Crippen LogP contribution in [-0.4, -0.2) is 11.0 Å². The number of nitrogens with one attached hydrogen (secondary N) is 1. The van der Waals surface area contributed by atoms with Crippen LogP contribution in [0.4, 0.5) is 0 Å². The quantitative estimate of drug-likeness (QED) is 0.455. The summed E-state index contributed by atoms with van der Waals surface area (Å²) in [6, 6.07) is 10.7. The molecule has 1 unspecified atom stereocenters. The number of para-hydroxylation sites is 1. The number of aromatic nitrogens is 1. The molecule has 1 heterocycles. The standard InChI is InChI=1S/C16H23N3/c1-2-3-4-7-14(19-17)12-13-10-11-18-16-9-6-5-8-15(13)16/h5-6,8-11,14,19H,2-4,7,12,17H2,1H3. The van der Waals surface area contributed by atoms with E-state index in [1.807, 2.05) is 12.3 Å². The molecule has 0 aliphatic rings. The third-order valence-corrected chi connectivity index (χ3v) is 3.60. The van der Waals surface area contributed by atoms with E-state index in [4.69, 9.17) is 5.84 Å². The Kier molecular flexibility index (Phi) is 5.31. The SMILES string of the molecule is CCCCCC(Cc1ccnc2ccccc12)NN. The second kappa shape index (κ2) is 7.22. The van der Waals surface area contributed by atoms with E-state index >= 15 is 0 Å². The number of unbranched alkanes of at least 4 members (excludes halogenated alkanes) is 2. The second-order valence-electron chi connectivity index (χ2n) is 5.05. The number of benzene rings is 1. The normalized spacial score (nSPS) is 12.7. The summed E-state index contributed by atoms with van der Waals surface area (Å²) in [5.74, 6) is 5.68. The average molecular weight is 257 g/mol. The molecule has 0 radical (unpaired) electrons. The largest absolute Gasteiger partial charge is 0.271 e. The average Bonchev–Trinajstić information content (AvgIpc) is 2.46. The minimum absolute atomic E-state index is 0.345. The van der Waals surface area contributed by atoms with Gasteiger partial charge < -0.3 is 0 Å². The lowest BCUT2D eigenvalue weighted by molar-refractivity contribution is 0.468. The maximum absolute atomic E-state index is 5.68. The monoisotopic (exact) mass is 257 g/mol. The van der Waals surface area contributed by atoms with E-state index in [1.165, 1.54) is 30.2 Å². The van der Waals surface area contributed by atoms with E-state index in [0.29, 0.717) is 6.04 Å². The van der Waals surface area contributed by atoms with Crippen LogP contribution >= 0.6 is 0 Å². The van der Waals surface area contributed by atoms with Crippen LogP contribution in [0.1, 0.15) is 38.2 Å². The van der Waals surface area contributed by atoms with E-state index in [2.05, 4.69) is 41.6 Å². The Morgan fingerprint density at radius 2 is 2.05 bits per heavy atom. The van der Waals surface area contributed by atoms with Crippen molar-refractivity contribution in [1.29, 1.82) is 0 Å². The Morgan fingerprint density at radius 3 is 2.84 bits per heavy atom. The third-order valence-electron chi connectivity index (χ3n) is 3.60. The maximum Gasteiger partial charge on any atom is 0.0704 e. The second-order valence-corrected chi connectivity index (χ2v) is 5.05. The van der Waals surface area contributed by atoms with Gasteiger partial charge in [-0.05, 0) is 30.5 Å². The maximum atomic E-state index is 5.68. The van der Waals surface area contributed by atoms with Crippen LogP contribution in [0.15, 0.2) is 36.5 Å². The van der Waals surface area contributed by atoms with Crippen LogP contribution in [0.2, 0.25) is 0 Å². The molecule has 0 aliphatic heterocycles. The molecule has 3 N–H and O–H groups in total. The number of nitrogens with two attached hydrogens (primary N) is 1. The van der Waals surface area contributed by atoms with Gasteiger partial charge in [0.15, 0.2) is 0 Å². The zero-order chi connectivity index (χ0) is 13.5. The summed E-state index contributed by atoms with van der Waals surface area (Å²) in [5, 5.41) is 1.24. The van der Waals surface area contributed by atoms with Crippen LogP contribution in [0.3, 0.4) is 0 Å². The lowest BCUT2D eigenvalue weighted by Gasteiger charge is -2.16. The smallest absolute Gasteiger partial charge is 0.0704 e. The predicted octanol–water partition coefficient (Wildman–Crippen LogP) is 3.19. The van der Waals surface area contributed by atoms with E-state index in [-0.39, 0.29) is 0 Å². The minimum atomic E-state index is 0.345. The van der Waals surface area contributed by atoms with Crippen molar-refractivity contribution in [3.63, 3.8) is 0 Å². The van der Waals surface area contributed by atoms with Crippen LogP contribution in [0.25, 0.3) is 10.9 Å². The fraction of sp³-hybridized carbons (Fsp3) is 0.438. The molecule has 1 atom stereocenters. The highest BCUT2D eigenvalue weighted by Crippen LogP contribution is 2.18. The highest BCUT2D eigenvalue weighted by atomic mass is 15.2. The summed E-state index contributed by atoms with van der Waals surface area (Å²) < 4.78 is 0. The van der Waals surface area contributed by atoms with E-state index in [9.17, 15) is 0 Å². The van der Waals surface area contributed by atoms with Crippen molar-refractivity contribution in [1.82, 2.24) is 10.4 Å². The lowest BCUT2D eigenvalue weighted by Crippen LogP contribution is -2.36. The first-order chi connectivity index (χ1) is 9.35. The van der Waals surface area contributed by atoms with Crippen LogP contribution < -0.4 is 11.3 Å². The van der Waals surface area contributed by atoms with Gasteiger partial charge in [0.1, 0.15) is 0 Å². The van der Waals surface area contributed by atoms with Gasteiger partial charge in [0.05, 0.1) is 5.52 Å². The van der Waals surface area contributed by atoms with Gasteiger partial charge in [0.25, 0.3) is 0 Å². The Labute approximate surface area is 115 Å². The van der Waals surface area contributed by atoms with Crippen molar-refractivity contribution in [3.8, 4) is 0 Å². The van der Waals surface area contributed by atoms with Crippen molar-refractivity contribution in [2.45, 2.75) is 45.1 Å². The van der Waals surface area contributed by atoms with Crippen molar-refractivity contribution >= 4 is 10.9 Å². The molecule has 0 aliphatic carbocycles. The third kappa shape index (κ3) is 3.75. The highest BCUT2D eigenvalue weighted by molar-refractivity contribution is 5.81. The molecule has 0 saturated heterocycles. The molecule has 0 spiro atoms. The van der Waals surface area contributed by atoms with Gasteiger partial charge in [-0.15, -0.1) is 0 Å². The van der Waals surface area contributed by atoms with Crippen LogP contribution in [0, 0.1) is 0 Å². The Hall–Kier alpha value is -1.45. The summed E-state index contributed by atoms with van der Waals surface area (Å²) in [5.41, 5.74) is 5.34. The number of hydrogen-bond donors (Lipinski definition) is 2. The number of nitrogens with zero attached hydrogens (tertiary/aromatic N) is 1. The van der Waals surface area contributed by atoms with Gasteiger partial charge >= 0.3 is 0 Å². The summed E-state index contributed by atoms with van der Waals surface area (Å²) in [4.78, 5) is 4.40. The molecular formula is C16H23N3. The highest BCUT2D eigenvalue weighted by Gasteiger charge is 2.09. The molecule has 0 fully saturated rings. The van der Waals surface area contributed by atoms with Gasteiger partial charge in [-0.2, -0.15) is 0 Å². The molecular weight excluding hydrogens is 234 g/mol. The van der Waals surface area contributed by atoms with E-state index in [0.717, 1.165) is 18.4 Å². The predicted molar refractivity (Wildman–Crippen MR) is 80.7 cm³/mol. The minimum Gasteiger partial charge on any atom is -0.271 e. The molecule has 0 amide bonds. The molecule has 1 aromatic carbocycles. The molecule has 3 heteroatoms. The number of hydrogen-bond acceptors (Lipinski definition) is 3. The van der Waals surface area contributed by atoms with Crippen molar-refractivity contribution in [2.75, 3.05) is 0 Å². The van der Waals surface area contributed by atoms with E-state index in [1.54, 1.807) is 0 Å². The first-order valence-electron chi connectivity index (χ1n) is 7.14. The van der Waals surface area contributed by atoms with Gasteiger partial charge in [-0.25, -0.2) is 0 Å². The summed E-state index contributed by atoms with van der Waals surface area (Å²) in [7, 11) is 0. The van der Waals surface area contributed by atoms with E-state index < -0.39 is 0 Å². The number of rotatable bonds is 7. The van der Waals surface area contributed by atoms with Crippen LogP contribution in [-0.2, 0) is 6.42 Å². The number of fused-ring (bicyclic) bond motifs is 1. The zero-order valence-electron chi connectivity index (χ0n) is 11.6. The van der Waals surface area contributed by atoms with Gasteiger partial charge in [0, 0.05) is 17.6 Å². The van der Waals surface area contributed by atoms with Gasteiger partial charge in [0.2, 0.25) is 0 Å². The summed E-state index contributed by atoms with van der Waals surface area (Å²) in [6.45, 7) is 2.22. The summed E-state index contributed by atoms with van der Waals surface area (Å²) >= 11 is 0. The topological polar surface area (TPSA) is 50.9 Å². The van der Waals surface area contributed by atoms with Gasteiger partial charge in [-0.1, -0.05) is 44.4 Å². The molecule has 102 valence electrons. The lowest BCUT2D eigenvalue weighted by atomic mass is 9.98. The zero-order valence-corrected chi connectivity index (χ0v) is 11.6. The molecule has 1 aromatic heterocycles. The Morgan fingerprint density at radius 1 is 1.21 bits per heavy atom. The molecule has 2 aromatic rings. The first kappa shape index (κ1) is 14.0. The van der Waals surface area contributed by atoms with Crippen molar-refractivity contribution < 1.29 is 0 Å². The Balaban J connectivity index is 2.10. The molecule has 2 rings (SSSR count). The number of hydrazine groups is 1. The fourth-order valence-corrected chi connectivity index (χ4v) is 2.48. The number of pyridine rings is 1.